The molecule has 8 nitrogen and oxygen atoms in total. The first kappa shape index (κ1) is 23.8. The number of carbonyl (C=O) groups is 1. The predicted molar refractivity (Wildman–Crippen MR) is 129 cm³/mol. The van der Waals surface area contributed by atoms with Crippen LogP contribution in [0.1, 0.15) is 37.6 Å². The Morgan fingerprint density at radius 1 is 1.15 bits per heavy atom. The molecular formula is C26H32N4O4. The minimum atomic E-state index is 0.0204. The maximum absolute atomic E-state index is 12.5. The maximum atomic E-state index is 12.5. The van der Waals surface area contributed by atoms with Crippen LogP contribution < -0.4 is 14.8 Å². The Morgan fingerprint density at radius 3 is 2.68 bits per heavy atom. The van der Waals surface area contributed by atoms with Gasteiger partial charge in [-0.1, -0.05) is 17.3 Å². The third kappa shape index (κ3) is 6.57. The third-order valence-corrected chi connectivity index (χ3v) is 5.95. The van der Waals surface area contributed by atoms with Gasteiger partial charge in [0.15, 0.2) is 0 Å². The van der Waals surface area contributed by atoms with Gasteiger partial charge in [-0.2, -0.15) is 4.98 Å². The quantitative estimate of drug-likeness (QED) is 0.487. The van der Waals surface area contributed by atoms with Crippen LogP contribution in [0.15, 0.2) is 53.1 Å². The average molecular weight is 465 g/mol. The van der Waals surface area contributed by atoms with Crippen molar-refractivity contribution >= 4 is 5.91 Å². The van der Waals surface area contributed by atoms with Gasteiger partial charge in [0.05, 0.1) is 13.7 Å². The zero-order chi connectivity index (χ0) is 23.8. The van der Waals surface area contributed by atoms with Crippen LogP contribution in [0.5, 0.6) is 11.5 Å². The molecule has 0 unspecified atom stereocenters. The minimum absolute atomic E-state index is 0.0204. The number of benzene rings is 2. The number of aryl methyl sites for hydroxylation is 1. The molecule has 1 aromatic heterocycles. The van der Waals surface area contributed by atoms with E-state index in [1.807, 2.05) is 43.3 Å². The number of carbonyl (C=O) groups excluding carboxylic acids is 1. The molecular weight excluding hydrogens is 432 g/mol. The number of likely N-dealkylation sites (tertiary alicyclic amines) is 1. The summed E-state index contributed by atoms with van der Waals surface area (Å²) in [4.78, 5) is 19.3. The van der Waals surface area contributed by atoms with Crippen LogP contribution in [0, 0.1) is 0 Å². The fourth-order valence-corrected chi connectivity index (χ4v) is 4.13. The molecule has 0 saturated carbocycles. The van der Waals surface area contributed by atoms with Crippen LogP contribution in [-0.2, 0) is 17.8 Å². The predicted octanol–water partition coefficient (Wildman–Crippen LogP) is 3.86. The van der Waals surface area contributed by atoms with E-state index >= 15 is 0 Å². The minimum Gasteiger partial charge on any atom is -0.497 e. The van der Waals surface area contributed by atoms with E-state index < -0.39 is 0 Å². The summed E-state index contributed by atoms with van der Waals surface area (Å²) in [6, 6.07) is 15.9. The maximum Gasteiger partial charge on any atom is 0.227 e. The van der Waals surface area contributed by atoms with Crippen LogP contribution in [0.25, 0.3) is 11.4 Å². The summed E-state index contributed by atoms with van der Waals surface area (Å²) in [6.07, 6.45) is 2.63. The van der Waals surface area contributed by atoms with Crippen molar-refractivity contribution < 1.29 is 18.8 Å². The smallest absolute Gasteiger partial charge is 0.227 e. The van der Waals surface area contributed by atoms with Gasteiger partial charge in [-0.25, -0.2) is 0 Å². The van der Waals surface area contributed by atoms with Crippen LogP contribution >= 0.6 is 0 Å². The number of aromatic nitrogens is 2. The molecule has 1 saturated heterocycles. The largest absolute Gasteiger partial charge is 0.497 e. The van der Waals surface area contributed by atoms with E-state index in [0.717, 1.165) is 49.5 Å². The third-order valence-electron chi connectivity index (χ3n) is 5.95. The number of piperidine rings is 1. The van der Waals surface area contributed by atoms with Crippen LogP contribution in [0.3, 0.4) is 0 Å². The van der Waals surface area contributed by atoms with Gasteiger partial charge in [0.1, 0.15) is 11.5 Å². The second-order valence-electron chi connectivity index (χ2n) is 8.44. The van der Waals surface area contributed by atoms with E-state index in [2.05, 4.69) is 32.5 Å². The van der Waals surface area contributed by atoms with Crippen molar-refractivity contribution in [3.63, 3.8) is 0 Å². The summed E-state index contributed by atoms with van der Waals surface area (Å²) in [6.45, 7) is 5.37. The number of amides is 1. The lowest BCUT2D eigenvalue weighted by Gasteiger charge is -2.32. The number of nitrogens with zero attached hydrogens (tertiary/aromatic N) is 3. The molecule has 2 heterocycles. The highest BCUT2D eigenvalue weighted by molar-refractivity contribution is 5.76. The molecule has 1 aliphatic rings. The SMILES string of the molecule is CCOc1ccc(-c2noc(CCC(=O)NC3CCN(Cc4cccc(OC)c4)CC3)n2)cc1. The Labute approximate surface area is 200 Å². The fourth-order valence-electron chi connectivity index (χ4n) is 4.13. The summed E-state index contributed by atoms with van der Waals surface area (Å²) in [7, 11) is 1.69. The number of nitrogens with one attached hydrogen (secondary N) is 1. The summed E-state index contributed by atoms with van der Waals surface area (Å²) < 4.78 is 16.1. The van der Waals surface area contributed by atoms with Gasteiger partial charge >= 0.3 is 0 Å². The van der Waals surface area contributed by atoms with Crippen LogP contribution in [0.2, 0.25) is 0 Å². The molecule has 2 aromatic carbocycles. The number of rotatable bonds is 10. The molecule has 1 fully saturated rings. The van der Waals surface area contributed by atoms with Gasteiger partial charge in [-0.3, -0.25) is 9.69 Å². The summed E-state index contributed by atoms with van der Waals surface area (Å²) in [5.41, 5.74) is 2.09. The van der Waals surface area contributed by atoms with Crippen molar-refractivity contribution in [1.82, 2.24) is 20.4 Å². The van der Waals surface area contributed by atoms with Gasteiger partial charge < -0.3 is 19.3 Å². The normalized spacial score (nSPS) is 14.6. The monoisotopic (exact) mass is 464 g/mol. The second kappa shape index (κ2) is 11.7. The van der Waals surface area contributed by atoms with Gasteiger partial charge in [-0.15, -0.1) is 0 Å². The molecule has 1 aliphatic heterocycles. The molecule has 0 bridgehead atoms. The van der Waals surface area contributed by atoms with Crippen LogP contribution in [-0.4, -0.2) is 53.8 Å². The Balaban J connectivity index is 1.18. The van der Waals surface area contributed by atoms with Crippen molar-refractivity contribution in [2.24, 2.45) is 0 Å². The Morgan fingerprint density at radius 2 is 1.94 bits per heavy atom. The van der Waals surface area contributed by atoms with Crippen molar-refractivity contribution in [2.75, 3.05) is 26.8 Å². The molecule has 0 atom stereocenters. The van der Waals surface area contributed by atoms with Crippen molar-refractivity contribution in [3.8, 4) is 22.9 Å². The van der Waals surface area contributed by atoms with Gasteiger partial charge in [-0.05, 0) is 61.7 Å². The number of ether oxygens (including phenoxy) is 2. The van der Waals surface area contributed by atoms with E-state index in [-0.39, 0.29) is 11.9 Å². The highest BCUT2D eigenvalue weighted by Crippen LogP contribution is 2.21. The average Bonchev–Trinajstić information content (AvgIpc) is 3.34. The zero-order valence-corrected chi connectivity index (χ0v) is 19.8. The number of hydrogen-bond donors (Lipinski definition) is 1. The molecule has 8 heteroatoms. The van der Waals surface area contributed by atoms with E-state index in [0.29, 0.717) is 31.2 Å². The van der Waals surface area contributed by atoms with E-state index in [1.165, 1.54) is 5.56 Å². The molecule has 4 rings (SSSR count). The molecule has 34 heavy (non-hydrogen) atoms. The van der Waals surface area contributed by atoms with E-state index in [1.54, 1.807) is 7.11 Å². The van der Waals surface area contributed by atoms with Crippen LogP contribution in [0.4, 0.5) is 0 Å². The molecule has 0 spiro atoms. The highest BCUT2D eigenvalue weighted by atomic mass is 16.5. The zero-order valence-electron chi connectivity index (χ0n) is 19.8. The highest BCUT2D eigenvalue weighted by Gasteiger charge is 2.21. The number of methoxy groups -OCH3 is 1. The summed E-state index contributed by atoms with van der Waals surface area (Å²) in [5.74, 6) is 2.69. The fraction of sp³-hybridized carbons (Fsp3) is 0.423. The first-order valence-corrected chi connectivity index (χ1v) is 11.8. The van der Waals surface area contributed by atoms with Crippen molar-refractivity contribution in [2.45, 2.75) is 45.2 Å². The second-order valence-corrected chi connectivity index (χ2v) is 8.44. The number of hydrogen-bond acceptors (Lipinski definition) is 7. The van der Waals surface area contributed by atoms with E-state index in [4.69, 9.17) is 14.0 Å². The molecule has 180 valence electrons. The molecule has 0 radical (unpaired) electrons. The molecule has 0 aliphatic carbocycles. The van der Waals surface area contributed by atoms with Crippen molar-refractivity contribution in [1.29, 1.82) is 0 Å². The van der Waals surface area contributed by atoms with Gasteiger partial charge in [0, 0.05) is 44.1 Å². The van der Waals surface area contributed by atoms with Gasteiger partial charge in [0.2, 0.25) is 17.6 Å². The van der Waals surface area contributed by atoms with E-state index in [9.17, 15) is 4.79 Å². The summed E-state index contributed by atoms with van der Waals surface area (Å²) >= 11 is 0. The Kier molecular flexibility index (Phi) is 8.14. The lowest BCUT2D eigenvalue weighted by molar-refractivity contribution is -0.122. The lowest BCUT2D eigenvalue weighted by atomic mass is 10.0. The standard InChI is InChI=1S/C26H32N4O4/c1-3-33-22-9-7-20(8-10-22)26-28-25(34-29-26)12-11-24(31)27-21-13-15-30(16-14-21)18-19-5-4-6-23(17-19)32-2/h4-10,17,21H,3,11-16,18H2,1-2H3,(H,27,31). The topological polar surface area (TPSA) is 89.7 Å². The Bertz CT molecular complexity index is 1060. The van der Waals surface area contributed by atoms with Gasteiger partial charge in [0.25, 0.3) is 0 Å². The molecule has 1 amide bonds. The Hall–Kier alpha value is -3.39. The molecule has 3 aromatic rings. The molecule has 1 N–H and O–H groups in total. The first-order chi connectivity index (χ1) is 16.6. The summed E-state index contributed by atoms with van der Waals surface area (Å²) in [5, 5.41) is 7.20. The lowest BCUT2D eigenvalue weighted by Crippen LogP contribution is -2.44. The van der Waals surface area contributed by atoms with Crippen molar-refractivity contribution in [3.05, 3.63) is 60.0 Å². The first-order valence-electron chi connectivity index (χ1n) is 11.8.